The van der Waals surface area contributed by atoms with Crippen molar-refractivity contribution in [3.05, 3.63) is 51.1 Å². The molecule has 23 heavy (non-hydrogen) atoms. The van der Waals surface area contributed by atoms with E-state index in [1.54, 1.807) is 36.4 Å². The van der Waals surface area contributed by atoms with Gasteiger partial charge in [-0.25, -0.2) is 0 Å². The van der Waals surface area contributed by atoms with Gasteiger partial charge in [0.25, 0.3) is 0 Å². The fraction of sp³-hybridized carbons (Fsp3) is 0.118. The van der Waals surface area contributed by atoms with Gasteiger partial charge in [0, 0.05) is 10.0 Å². The Morgan fingerprint density at radius 3 is 2.48 bits per heavy atom. The molecule has 0 amide bonds. The molecular formula is C17H13BrO5. The van der Waals surface area contributed by atoms with Gasteiger partial charge in [-0.1, -0.05) is 15.9 Å². The minimum atomic E-state index is -0.489. The van der Waals surface area contributed by atoms with Crippen LogP contribution in [0.3, 0.4) is 0 Å². The van der Waals surface area contributed by atoms with Crippen LogP contribution >= 0.6 is 15.9 Å². The number of benzene rings is 2. The predicted octanol–water partition coefficient (Wildman–Crippen LogP) is 3.95. The molecule has 118 valence electrons. The Morgan fingerprint density at radius 2 is 1.78 bits per heavy atom. The molecule has 0 saturated heterocycles. The predicted molar refractivity (Wildman–Crippen MR) is 90.4 cm³/mol. The first kappa shape index (κ1) is 15.4. The van der Waals surface area contributed by atoms with Gasteiger partial charge in [0.1, 0.15) is 5.58 Å². The van der Waals surface area contributed by atoms with Gasteiger partial charge in [0.2, 0.25) is 11.2 Å². The summed E-state index contributed by atoms with van der Waals surface area (Å²) in [5.41, 5.74) is 0.417. The minimum absolute atomic E-state index is 0.0887. The van der Waals surface area contributed by atoms with Gasteiger partial charge < -0.3 is 19.0 Å². The molecular weight excluding hydrogens is 364 g/mol. The van der Waals surface area contributed by atoms with Gasteiger partial charge in [-0.2, -0.15) is 0 Å². The van der Waals surface area contributed by atoms with E-state index in [1.165, 1.54) is 14.2 Å². The number of hydrogen-bond donors (Lipinski definition) is 1. The van der Waals surface area contributed by atoms with Crippen molar-refractivity contribution in [2.45, 2.75) is 0 Å². The number of ether oxygens (including phenoxy) is 2. The molecule has 1 N–H and O–H groups in total. The van der Waals surface area contributed by atoms with E-state index in [9.17, 15) is 9.90 Å². The van der Waals surface area contributed by atoms with Gasteiger partial charge in [-0.05, 0) is 36.4 Å². The summed E-state index contributed by atoms with van der Waals surface area (Å²) in [4.78, 5) is 12.4. The Balaban J connectivity index is 2.26. The molecule has 0 spiro atoms. The summed E-state index contributed by atoms with van der Waals surface area (Å²) < 4.78 is 16.9. The van der Waals surface area contributed by atoms with Crippen LogP contribution in [0.15, 0.2) is 50.1 Å². The number of hydrogen-bond acceptors (Lipinski definition) is 5. The van der Waals surface area contributed by atoms with Gasteiger partial charge in [0.05, 0.1) is 19.6 Å². The topological polar surface area (TPSA) is 68.9 Å². The van der Waals surface area contributed by atoms with E-state index in [0.29, 0.717) is 28.0 Å². The smallest absolute Gasteiger partial charge is 0.235 e. The van der Waals surface area contributed by atoms with Crippen LogP contribution in [0.1, 0.15) is 0 Å². The molecule has 1 aromatic heterocycles. The zero-order valence-electron chi connectivity index (χ0n) is 12.4. The minimum Gasteiger partial charge on any atom is -0.502 e. The van der Waals surface area contributed by atoms with E-state index in [1.807, 2.05) is 0 Å². The lowest BCUT2D eigenvalue weighted by Gasteiger charge is -2.10. The lowest BCUT2D eigenvalue weighted by atomic mass is 10.1. The van der Waals surface area contributed by atoms with E-state index < -0.39 is 11.2 Å². The van der Waals surface area contributed by atoms with E-state index in [-0.39, 0.29) is 5.76 Å². The molecule has 6 heteroatoms. The fourth-order valence-electron chi connectivity index (χ4n) is 2.33. The second-order valence-corrected chi connectivity index (χ2v) is 5.73. The average Bonchev–Trinajstić information content (AvgIpc) is 2.58. The van der Waals surface area contributed by atoms with Crippen molar-refractivity contribution in [3.63, 3.8) is 0 Å². The first-order valence-corrected chi connectivity index (χ1v) is 7.52. The van der Waals surface area contributed by atoms with Crippen LogP contribution in [0.5, 0.6) is 17.2 Å². The number of rotatable bonds is 3. The maximum absolute atomic E-state index is 12.4. The van der Waals surface area contributed by atoms with E-state index in [2.05, 4.69) is 15.9 Å². The Bertz CT molecular complexity index is 946. The summed E-state index contributed by atoms with van der Waals surface area (Å²) in [6.07, 6.45) is 0. The Morgan fingerprint density at radius 1 is 1.04 bits per heavy atom. The summed E-state index contributed by atoms with van der Waals surface area (Å²) in [7, 11) is 3.04. The van der Waals surface area contributed by atoms with Crippen molar-refractivity contribution in [2.24, 2.45) is 0 Å². The zero-order chi connectivity index (χ0) is 16.6. The molecule has 3 rings (SSSR count). The van der Waals surface area contributed by atoms with E-state index >= 15 is 0 Å². The van der Waals surface area contributed by atoms with Gasteiger partial charge in [0.15, 0.2) is 17.3 Å². The molecule has 0 bridgehead atoms. The second-order valence-electron chi connectivity index (χ2n) is 4.82. The highest BCUT2D eigenvalue weighted by Gasteiger charge is 2.17. The molecule has 2 aromatic carbocycles. The Kier molecular flexibility index (Phi) is 4.00. The SMILES string of the molecule is COc1ccc(-c2oc3ccc(Br)cc3c(=O)c2O)cc1OC. The third kappa shape index (κ3) is 2.66. The lowest BCUT2D eigenvalue weighted by Crippen LogP contribution is -2.02. The Hall–Kier alpha value is -2.47. The van der Waals surface area contributed by atoms with Crippen LogP contribution in [-0.2, 0) is 0 Å². The normalized spacial score (nSPS) is 10.7. The maximum Gasteiger partial charge on any atom is 0.235 e. The molecule has 0 aliphatic carbocycles. The van der Waals surface area contributed by atoms with Crippen molar-refractivity contribution in [1.29, 1.82) is 0 Å². The molecule has 0 radical (unpaired) electrons. The van der Waals surface area contributed by atoms with Crippen molar-refractivity contribution in [2.75, 3.05) is 14.2 Å². The van der Waals surface area contributed by atoms with Crippen LogP contribution in [-0.4, -0.2) is 19.3 Å². The molecule has 0 fully saturated rings. The van der Waals surface area contributed by atoms with Crippen molar-refractivity contribution in [3.8, 4) is 28.6 Å². The van der Waals surface area contributed by atoms with Crippen LogP contribution in [0.25, 0.3) is 22.3 Å². The van der Waals surface area contributed by atoms with Crippen LogP contribution in [0.2, 0.25) is 0 Å². The summed E-state index contributed by atoms with van der Waals surface area (Å²) in [6.45, 7) is 0. The Labute approximate surface area is 140 Å². The van der Waals surface area contributed by atoms with E-state index in [4.69, 9.17) is 13.9 Å². The molecule has 0 aliphatic heterocycles. The maximum atomic E-state index is 12.4. The summed E-state index contributed by atoms with van der Waals surface area (Å²) in [5, 5.41) is 10.5. The molecule has 3 aromatic rings. The van der Waals surface area contributed by atoms with Crippen molar-refractivity contribution < 1.29 is 19.0 Å². The first-order chi connectivity index (χ1) is 11.0. The number of halogens is 1. The highest BCUT2D eigenvalue weighted by molar-refractivity contribution is 9.10. The van der Waals surface area contributed by atoms with Crippen LogP contribution < -0.4 is 14.9 Å². The van der Waals surface area contributed by atoms with E-state index in [0.717, 1.165) is 4.47 Å². The average molecular weight is 377 g/mol. The lowest BCUT2D eigenvalue weighted by molar-refractivity contribution is 0.355. The molecule has 5 nitrogen and oxygen atoms in total. The number of methoxy groups -OCH3 is 2. The summed E-state index contributed by atoms with van der Waals surface area (Å²) in [5.74, 6) is 0.666. The van der Waals surface area contributed by atoms with Crippen LogP contribution in [0, 0.1) is 0 Å². The highest BCUT2D eigenvalue weighted by Crippen LogP contribution is 2.36. The van der Waals surface area contributed by atoms with Crippen molar-refractivity contribution >= 4 is 26.9 Å². The number of aromatic hydroxyl groups is 1. The largest absolute Gasteiger partial charge is 0.502 e. The second kappa shape index (κ2) is 5.96. The van der Waals surface area contributed by atoms with Gasteiger partial charge in [-0.15, -0.1) is 0 Å². The monoisotopic (exact) mass is 376 g/mol. The summed E-state index contributed by atoms with van der Waals surface area (Å²) >= 11 is 3.30. The molecule has 1 heterocycles. The fourth-order valence-corrected chi connectivity index (χ4v) is 2.69. The number of fused-ring (bicyclic) bond motifs is 1. The standard InChI is InChI=1S/C17H13BrO5/c1-21-13-5-3-9(7-14(13)22-2)17-16(20)15(19)11-8-10(18)4-6-12(11)23-17/h3-8,20H,1-2H3. The third-order valence-electron chi connectivity index (χ3n) is 3.47. The highest BCUT2D eigenvalue weighted by atomic mass is 79.9. The summed E-state index contributed by atoms with van der Waals surface area (Å²) in [6, 6.07) is 10.1. The van der Waals surface area contributed by atoms with Gasteiger partial charge >= 0.3 is 0 Å². The van der Waals surface area contributed by atoms with Crippen LogP contribution in [0.4, 0.5) is 0 Å². The zero-order valence-corrected chi connectivity index (χ0v) is 14.0. The quantitative estimate of drug-likeness (QED) is 0.749. The van der Waals surface area contributed by atoms with Crippen molar-refractivity contribution in [1.82, 2.24) is 0 Å². The molecule has 0 aliphatic rings. The van der Waals surface area contributed by atoms with Gasteiger partial charge in [-0.3, -0.25) is 4.79 Å². The molecule has 0 atom stereocenters. The molecule has 0 unspecified atom stereocenters. The third-order valence-corrected chi connectivity index (χ3v) is 3.97. The first-order valence-electron chi connectivity index (χ1n) is 6.73. The molecule has 0 saturated carbocycles.